The van der Waals surface area contributed by atoms with Gasteiger partial charge in [-0.25, -0.2) is 33.4 Å². The van der Waals surface area contributed by atoms with Crippen molar-refractivity contribution in [2.24, 2.45) is 17.2 Å². The van der Waals surface area contributed by atoms with Gasteiger partial charge < -0.3 is 107 Å². The lowest BCUT2D eigenvalue weighted by molar-refractivity contribution is -0.107. The summed E-state index contributed by atoms with van der Waals surface area (Å²) in [5.41, 5.74) is 15.2. The molecule has 4 fully saturated rings. The van der Waals surface area contributed by atoms with E-state index >= 15 is 0 Å². The molecule has 0 bridgehead atoms. The molecule has 0 saturated carbocycles. The molecule has 5 amide bonds. The standard InChI is InChI=1S/C17H28BrN5O5.C17H26BrN5O4.C15H20Br2N4O3.C12H20BrN5O3.C3H3ClO.C2H7NO.ClH/c1-17(2,3)28-16(26)22-8-10(7-11(22)9-27-4)23-15(20-5-6-24)12(14(19)25)13(18)21-23;1-17(2,3)27-16(25)22-9-11(8-12(22)10-26-5)23-15(20-6-7-24)13(19-4)14(18)21-23;1-15(2,3)24-14(22)20-7-9(6-10(20)8-23-5)21-13(17)11(18-4)12(16)19-21;1-21-6-7-4-8(5-16-7)18-12(15-2-3-19)9(11(14)20)10(13)17-18;1-2-3(4)5;3-1-2-4;/h10-11,20,24H,5-9H2,1-4H3,(H2,19,25);11-12,20,24H,6-10H2,1-3,5H3;9-10H,6-8H2,1-3,5H3;7-8,15-16,19H,2-6H2,1H3,(H2,14,20);2H,1H2;4H,1-3H2;1H/t10-,11+;11-,12+;9-,10+;7-,8+;;;/m0001.../s1. The molecule has 110 heavy (non-hydrogen) atoms. The zero-order valence-corrected chi connectivity index (χ0v) is 73.4. The second-order valence-corrected chi connectivity index (χ2v) is 31.6. The van der Waals surface area contributed by atoms with E-state index in [1.807, 2.05) is 62.3 Å². The molecule has 620 valence electrons. The average molecular weight is 1920 g/mol. The molecule has 4 aliphatic rings. The zero-order chi connectivity index (χ0) is 82.4. The van der Waals surface area contributed by atoms with Crippen LogP contribution in [-0.2, 0) is 38.0 Å². The summed E-state index contributed by atoms with van der Waals surface area (Å²) in [5.74, 6) is 0.258. The number of carbonyl (C=O) groups is 6. The van der Waals surface area contributed by atoms with Gasteiger partial charge in [0, 0.05) is 86.8 Å². The third-order valence-electron chi connectivity index (χ3n) is 15.7. The summed E-state index contributed by atoms with van der Waals surface area (Å²) >= 11 is 21.3. The highest BCUT2D eigenvalue weighted by Gasteiger charge is 2.44. The van der Waals surface area contributed by atoms with Crippen molar-refractivity contribution in [3.63, 3.8) is 0 Å². The molecule has 14 N–H and O–H groups in total. The van der Waals surface area contributed by atoms with Crippen molar-refractivity contribution in [3.05, 3.63) is 69.6 Å². The Balaban J connectivity index is 0.000000479. The number of nitrogens with one attached hydrogen (secondary N) is 4. The molecule has 0 spiro atoms. The van der Waals surface area contributed by atoms with Gasteiger partial charge in [0.1, 0.15) is 68.4 Å². The van der Waals surface area contributed by atoms with Crippen LogP contribution in [0.1, 0.15) is 133 Å². The monoisotopic (exact) mass is 1910 g/mol. The summed E-state index contributed by atoms with van der Waals surface area (Å²) in [6.07, 6.45) is 2.56. The van der Waals surface area contributed by atoms with Gasteiger partial charge in [-0.2, -0.15) is 20.4 Å². The van der Waals surface area contributed by atoms with Crippen LogP contribution in [0.4, 0.5) is 43.2 Å². The van der Waals surface area contributed by atoms with Gasteiger partial charge in [0.05, 0.1) is 108 Å². The second-order valence-electron chi connectivity index (χ2n) is 27.5. The van der Waals surface area contributed by atoms with Crippen molar-refractivity contribution in [2.45, 2.75) is 153 Å². The largest absolute Gasteiger partial charge is 0.444 e. The quantitative estimate of drug-likeness (QED) is 0.0129. The number of carbonyl (C=O) groups excluding carboxylic acids is 6. The highest BCUT2D eigenvalue weighted by molar-refractivity contribution is 9.11. The van der Waals surface area contributed by atoms with Crippen molar-refractivity contribution in [1.82, 2.24) is 59.1 Å². The fourth-order valence-corrected chi connectivity index (χ4v) is 14.4. The van der Waals surface area contributed by atoms with Crippen molar-refractivity contribution < 1.29 is 82.4 Å². The molecule has 0 unspecified atom stereocenters. The van der Waals surface area contributed by atoms with E-state index in [1.165, 1.54) is 0 Å². The van der Waals surface area contributed by atoms with Gasteiger partial charge in [0.25, 0.3) is 23.2 Å². The number of nitrogens with two attached hydrogens (primary N) is 3. The van der Waals surface area contributed by atoms with Crippen LogP contribution in [0, 0.1) is 13.1 Å². The van der Waals surface area contributed by atoms with Crippen LogP contribution in [0.15, 0.2) is 35.7 Å². The lowest BCUT2D eigenvalue weighted by Crippen LogP contribution is -2.41. The normalized spacial score (nSPS) is 19.2. The first-order valence-electron chi connectivity index (χ1n) is 34.2. The van der Waals surface area contributed by atoms with E-state index in [2.05, 4.69) is 138 Å². The lowest BCUT2D eigenvalue weighted by atomic mass is 10.2. The Morgan fingerprint density at radius 2 is 0.855 bits per heavy atom. The van der Waals surface area contributed by atoms with Gasteiger partial charge in [-0.05, 0) is 185 Å². The van der Waals surface area contributed by atoms with Crippen molar-refractivity contribution >= 4 is 168 Å². The first kappa shape index (κ1) is 100. The lowest BCUT2D eigenvalue weighted by Gasteiger charge is -2.28. The summed E-state index contributed by atoms with van der Waals surface area (Å²) in [5, 5.41) is 64.5. The average Bonchev–Trinajstić information content (AvgIpc) is 1.64. The summed E-state index contributed by atoms with van der Waals surface area (Å²) in [4.78, 5) is 82.6. The van der Waals surface area contributed by atoms with E-state index in [0.717, 1.165) is 19.0 Å². The first-order chi connectivity index (χ1) is 51.2. The van der Waals surface area contributed by atoms with Gasteiger partial charge in [0.15, 0.2) is 0 Å². The van der Waals surface area contributed by atoms with Gasteiger partial charge >= 0.3 is 18.3 Å². The number of aliphatic hydroxyl groups excluding tert-OH is 4. The fourth-order valence-electron chi connectivity index (χ4n) is 11.5. The Kier molecular flexibility index (Phi) is 43.9. The molecule has 37 nitrogen and oxygen atoms in total. The smallest absolute Gasteiger partial charge is 0.410 e. The molecule has 4 saturated heterocycles. The minimum atomic E-state index is -0.644. The number of rotatable bonds is 25. The number of halogens is 7. The van der Waals surface area contributed by atoms with E-state index in [9.17, 15) is 28.8 Å². The van der Waals surface area contributed by atoms with E-state index in [-0.39, 0.29) is 105 Å². The Hall–Kier alpha value is -6.04. The third-order valence-corrected chi connectivity index (χ3v) is 18.7. The maximum atomic E-state index is 12.6. The number of allylic oxidation sites excluding steroid dienone is 1. The second kappa shape index (κ2) is 48.2. The number of methoxy groups -OCH3 is 4. The summed E-state index contributed by atoms with van der Waals surface area (Å²) in [7, 11) is 6.44. The number of amides is 5. The number of nitrogens with zero attached hydrogens (tertiary/aromatic N) is 13. The molecule has 0 aliphatic carbocycles. The number of likely N-dealkylation sites (tertiary alicyclic amines) is 3. The van der Waals surface area contributed by atoms with Crippen LogP contribution >= 0.6 is 104 Å². The number of anilines is 3. The van der Waals surface area contributed by atoms with Crippen LogP contribution in [0.2, 0.25) is 0 Å². The molecule has 0 aromatic carbocycles. The van der Waals surface area contributed by atoms with Crippen molar-refractivity contribution in [3.8, 4) is 0 Å². The Morgan fingerprint density at radius 3 is 1.15 bits per heavy atom. The topological polar surface area (TPSA) is 464 Å². The predicted octanol–water partition coefficient (Wildman–Crippen LogP) is 8.29. The highest BCUT2D eigenvalue weighted by Crippen LogP contribution is 2.42. The summed E-state index contributed by atoms with van der Waals surface area (Å²) in [6, 6.07) is -0.527. The molecule has 44 heteroatoms. The Morgan fingerprint density at radius 1 is 0.545 bits per heavy atom. The number of aliphatic hydroxyl groups is 4. The number of hydrogen-bond acceptors (Lipinski definition) is 26. The maximum Gasteiger partial charge on any atom is 0.410 e. The summed E-state index contributed by atoms with van der Waals surface area (Å²) < 4.78 is 46.6. The van der Waals surface area contributed by atoms with E-state index in [1.54, 1.807) is 61.9 Å². The van der Waals surface area contributed by atoms with Gasteiger partial charge in [-0.3, -0.25) is 23.7 Å². The Labute approximate surface area is 693 Å². The molecule has 8 atom stereocenters. The molecule has 8 rings (SSSR count). The molecular formula is C66H105Br5Cl2N20O17. The minimum absolute atomic E-state index is 0. The van der Waals surface area contributed by atoms with Crippen LogP contribution < -0.4 is 38.5 Å². The fraction of sp³-hybridized carbons (Fsp3) is 0.667. The predicted molar refractivity (Wildman–Crippen MR) is 432 cm³/mol. The molecule has 4 aromatic rings. The zero-order valence-electron chi connectivity index (χ0n) is 63.9. The van der Waals surface area contributed by atoms with E-state index in [4.69, 9.17) is 95.5 Å². The molecule has 0 radical (unpaired) electrons. The van der Waals surface area contributed by atoms with E-state index in [0.29, 0.717) is 142 Å². The highest BCUT2D eigenvalue weighted by atomic mass is 79.9. The summed E-state index contributed by atoms with van der Waals surface area (Å²) in [6.45, 7) is 38.9. The van der Waals surface area contributed by atoms with Crippen molar-refractivity contribution in [1.29, 1.82) is 0 Å². The van der Waals surface area contributed by atoms with Gasteiger partial charge in [0.2, 0.25) is 5.24 Å². The van der Waals surface area contributed by atoms with Crippen LogP contribution in [0.3, 0.4) is 0 Å². The van der Waals surface area contributed by atoms with Gasteiger partial charge in [-0.1, -0.05) is 6.58 Å². The molecule has 8 heterocycles. The molecule has 4 aromatic heterocycles. The number of primary amides is 2. The van der Waals surface area contributed by atoms with E-state index < -0.39 is 46.0 Å². The Bertz CT molecular complexity index is 3710. The molecular weight excluding hydrogens is 1820 g/mol. The van der Waals surface area contributed by atoms with Crippen LogP contribution in [-0.4, -0.2) is 284 Å². The van der Waals surface area contributed by atoms with Crippen LogP contribution in [0.5, 0.6) is 0 Å². The minimum Gasteiger partial charge on any atom is -0.444 e. The SMILES string of the molecule is C=CC(=O)Cl.COC[C@H]1C[C@H](n2nc(Br)c(C(N)=O)c2NCCO)CN1.COC[C@H]1C[C@H](n2nc(Br)c(C(N)=O)c2NCCO)CN1C(=O)OC(C)(C)C.Cl.NCCO.[C-]#[N+]c1c(Br)nn([C@H]2C[C@H](COC)N(C(=O)OC(C)(C)C)C2)c1Br.[C-]#[N+]c1c(Br)nn([C@H]2C[C@H](COC)N(C(=O)OC(C)(C)C)C2)c1NCCO. The number of hydrogen-bond donors (Lipinski definition) is 11. The van der Waals surface area contributed by atoms with Gasteiger partial charge in [-0.15, -0.1) is 12.4 Å². The third kappa shape index (κ3) is 30.4. The number of ether oxygens (including phenoxy) is 7. The van der Waals surface area contributed by atoms with Crippen LogP contribution in [0.25, 0.3) is 9.69 Å². The number of aromatic nitrogens is 8. The molecule has 4 aliphatic heterocycles. The first-order valence-corrected chi connectivity index (χ1v) is 38.6. The van der Waals surface area contributed by atoms with Crippen molar-refractivity contribution in [2.75, 3.05) is 150 Å². The maximum absolute atomic E-state index is 12.6.